The molecule has 0 saturated carbocycles. The zero-order valence-electron chi connectivity index (χ0n) is 9.87. The number of benzene rings is 1. The Labute approximate surface area is 115 Å². The lowest BCUT2D eigenvalue weighted by Gasteiger charge is -2.11. The van der Waals surface area contributed by atoms with E-state index in [0.29, 0.717) is 5.02 Å². The van der Waals surface area contributed by atoms with Crippen LogP contribution in [-0.2, 0) is 0 Å². The molecule has 0 atom stereocenters. The molecule has 0 fully saturated rings. The van der Waals surface area contributed by atoms with Crippen molar-refractivity contribution in [1.82, 2.24) is 4.57 Å². The summed E-state index contributed by atoms with van der Waals surface area (Å²) < 4.78 is 1.89. The summed E-state index contributed by atoms with van der Waals surface area (Å²) in [6.45, 7) is 3.79. The Bertz CT molecular complexity index is 632. The lowest BCUT2D eigenvalue weighted by Crippen LogP contribution is -2.03. The number of carboxylic acid groups (broad SMARTS) is 1. The molecule has 2 rings (SSSR count). The van der Waals surface area contributed by atoms with Gasteiger partial charge >= 0.3 is 5.97 Å². The Morgan fingerprint density at radius 3 is 2.33 bits per heavy atom. The molecule has 0 amide bonds. The van der Waals surface area contributed by atoms with Crippen molar-refractivity contribution in [3.8, 4) is 5.69 Å². The first kappa shape index (κ1) is 13.0. The van der Waals surface area contributed by atoms with Gasteiger partial charge in [0.05, 0.1) is 15.6 Å². The third kappa shape index (κ3) is 2.11. The number of carboxylic acids is 1. The van der Waals surface area contributed by atoms with Gasteiger partial charge in [-0.15, -0.1) is 0 Å². The Morgan fingerprint density at radius 2 is 1.83 bits per heavy atom. The molecule has 0 radical (unpaired) electrons. The molecule has 94 valence electrons. The topological polar surface area (TPSA) is 42.2 Å². The van der Waals surface area contributed by atoms with E-state index in [1.807, 2.05) is 24.5 Å². The van der Waals surface area contributed by atoms with E-state index in [0.717, 1.165) is 17.1 Å². The average Bonchev–Trinajstić information content (AvgIpc) is 2.54. The SMILES string of the molecule is Cc1cc(Cl)c(C)n1-c1ccc(Cl)c(C(=O)O)c1. The van der Waals surface area contributed by atoms with Gasteiger partial charge in [-0.2, -0.15) is 0 Å². The summed E-state index contributed by atoms with van der Waals surface area (Å²) in [5.41, 5.74) is 2.63. The van der Waals surface area contributed by atoms with E-state index >= 15 is 0 Å². The zero-order valence-corrected chi connectivity index (χ0v) is 11.4. The second kappa shape index (κ2) is 4.67. The number of carbonyl (C=O) groups is 1. The molecule has 1 heterocycles. The molecule has 18 heavy (non-hydrogen) atoms. The Kier molecular flexibility index (Phi) is 3.37. The van der Waals surface area contributed by atoms with Crippen LogP contribution in [0.3, 0.4) is 0 Å². The maximum absolute atomic E-state index is 11.1. The van der Waals surface area contributed by atoms with Crippen LogP contribution < -0.4 is 0 Å². The molecule has 1 N–H and O–H groups in total. The Hall–Kier alpha value is -1.45. The van der Waals surface area contributed by atoms with Crippen LogP contribution in [0.15, 0.2) is 24.3 Å². The minimum absolute atomic E-state index is 0.0813. The summed E-state index contributed by atoms with van der Waals surface area (Å²) in [6.07, 6.45) is 0. The van der Waals surface area contributed by atoms with E-state index in [1.165, 1.54) is 0 Å². The number of halogens is 2. The third-order valence-electron chi connectivity index (χ3n) is 2.81. The van der Waals surface area contributed by atoms with Crippen molar-refractivity contribution in [3.63, 3.8) is 0 Å². The van der Waals surface area contributed by atoms with Gasteiger partial charge in [0.15, 0.2) is 0 Å². The standard InChI is InChI=1S/C13H11Cl2NO2/c1-7-5-12(15)8(2)16(7)9-3-4-11(14)10(6-9)13(17)18/h3-6H,1-2H3,(H,17,18). The number of aromatic nitrogens is 1. The van der Waals surface area contributed by atoms with Crippen molar-refractivity contribution in [2.24, 2.45) is 0 Å². The number of aromatic carboxylic acids is 1. The number of nitrogens with zero attached hydrogens (tertiary/aromatic N) is 1. The maximum Gasteiger partial charge on any atom is 0.337 e. The summed E-state index contributed by atoms with van der Waals surface area (Å²) in [4.78, 5) is 11.1. The molecular formula is C13H11Cl2NO2. The molecule has 1 aromatic carbocycles. The summed E-state index contributed by atoms with van der Waals surface area (Å²) in [5, 5.41) is 9.94. The Morgan fingerprint density at radius 1 is 1.17 bits per heavy atom. The van der Waals surface area contributed by atoms with Gasteiger partial charge in [-0.3, -0.25) is 0 Å². The molecule has 0 aliphatic rings. The van der Waals surface area contributed by atoms with Crippen LogP contribution in [0.1, 0.15) is 21.7 Å². The van der Waals surface area contributed by atoms with Gasteiger partial charge < -0.3 is 9.67 Å². The van der Waals surface area contributed by atoms with Crippen LogP contribution in [0.2, 0.25) is 10.0 Å². The first-order chi connectivity index (χ1) is 8.41. The van der Waals surface area contributed by atoms with Gasteiger partial charge in [-0.05, 0) is 38.1 Å². The number of aryl methyl sites for hydroxylation is 1. The van der Waals surface area contributed by atoms with Crippen LogP contribution in [-0.4, -0.2) is 15.6 Å². The quantitative estimate of drug-likeness (QED) is 0.902. The normalized spacial score (nSPS) is 10.7. The molecule has 3 nitrogen and oxygen atoms in total. The summed E-state index contributed by atoms with van der Waals surface area (Å²) in [7, 11) is 0. The fourth-order valence-corrected chi connectivity index (χ4v) is 2.38. The number of hydrogen-bond acceptors (Lipinski definition) is 1. The van der Waals surface area contributed by atoms with E-state index < -0.39 is 5.97 Å². The highest BCUT2D eigenvalue weighted by atomic mass is 35.5. The van der Waals surface area contributed by atoms with Crippen molar-refractivity contribution < 1.29 is 9.90 Å². The second-order valence-corrected chi connectivity index (χ2v) is 4.84. The second-order valence-electron chi connectivity index (χ2n) is 4.02. The van der Waals surface area contributed by atoms with Crippen LogP contribution in [0.5, 0.6) is 0 Å². The van der Waals surface area contributed by atoms with Crippen molar-refractivity contribution in [2.75, 3.05) is 0 Å². The summed E-state index contributed by atoms with van der Waals surface area (Å²) >= 11 is 11.9. The fraction of sp³-hybridized carbons (Fsp3) is 0.154. The lowest BCUT2D eigenvalue weighted by atomic mass is 10.2. The molecule has 0 saturated heterocycles. The smallest absolute Gasteiger partial charge is 0.337 e. The van der Waals surface area contributed by atoms with E-state index in [9.17, 15) is 4.79 Å². The van der Waals surface area contributed by atoms with Gasteiger partial charge in [-0.1, -0.05) is 23.2 Å². The number of rotatable bonds is 2. The predicted octanol–water partition coefficient (Wildman–Crippen LogP) is 4.10. The van der Waals surface area contributed by atoms with Crippen molar-refractivity contribution in [3.05, 3.63) is 51.3 Å². The summed E-state index contributed by atoms with van der Waals surface area (Å²) in [6, 6.07) is 6.73. The van der Waals surface area contributed by atoms with Crippen molar-refractivity contribution >= 4 is 29.2 Å². The van der Waals surface area contributed by atoms with Crippen LogP contribution in [0, 0.1) is 13.8 Å². The summed E-state index contributed by atoms with van der Waals surface area (Å²) in [5.74, 6) is -1.05. The van der Waals surface area contributed by atoms with E-state index in [2.05, 4.69) is 0 Å². The van der Waals surface area contributed by atoms with Crippen molar-refractivity contribution in [2.45, 2.75) is 13.8 Å². The van der Waals surface area contributed by atoms with Gasteiger partial charge in [-0.25, -0.2) is 4.79 Å². The zero-order chi connectivity index (χ0) is 13.4. The molecule has 2 aromatic rings. The highest BCUT2D eigenvalue weighted by Gasteiger charge is 2.13. The minimum atomic E-state index is -1.05. The van der Waals surface area contributed by atoms with Crippen LogP contribution in [0.4, 0.5) is 0 Å². The van der Waals surface area contributed by atoms with E-state index in [4.69, 9.17) is 28.3 Å². The molecule has 0 spiro atoms. The molecule has 0 aliphatic carbocycles. The predicted molar refractivity (Wildman–Crippen MR) is 72.2 cm³/mol. The minimum Gasteiger partial charge on any atom is -0.478 e. The highest BCUT2D eigenvalue weighted by Crippen LogP contribution is 2.27. The van der Waals surface area contributed by atoms with E-state index in [-0.39, 0.29) is 10.6 Å². The highest BCUT2D eigenvalue weighted by molar-refractivity contribution is 6.33. The molecular weight excluding hydrogens is 273 g/mol. The molecule has 0 aliphatic heterocycles. The van der Waals surface area contributed by atoms with Crippen molar-refractivity contribution in [1.29, 1.82) is 0 Å². The van der Waals surface area contributed by atoms with Crippen LogP contribution >= 0.6 is 23.2 Å². The van der Waals surface area contributed by atoms with Gasteiger partial charge in [0.2, 0.25) is 0 Å². The fourth-order valence-electron chi connectivity index (χ4n) is 1.94. The molecule has 0 unspecified atom stereocenters. The lowest BCUT2D eigenvalue weighted by molar-refractivity contribution is 0.0697. The molecule has 0 bridgehead atoms. The largest absolute Gasteiger partial charge is 0.478 e. The third-order valence-corrected chi connectivity index (χ3v) is 3.52. The number of hydrogen-bond donors (Lipinski definition) is 1. The van der Waals surface area contributed by atoms with E-state index in [1.54, 1.807) is 18.2 Å². The van der Waals surface area contributed by atoms with Gasteiger partial charge in [0, 0.05) is 17.1 Å². The Balaban J connectivity index is 2.65. The first-order valence-electron chi connectivity index (χ1n) is 5.29. The average molecular weight is 284 g/mol. The maximum atomic E-state index is 11.1. The molecule has 5 heteroatoms. The first-order valence-corrected chi connectivity index (χ1v) is 6.05. The molecule has 1 aromatic heterocycles. The van der Waals surface area contributed by atoms with Gasteiger partial charge in [0.1, 0.15) is 0 Å². The van der Waals surface area contributed by atoms with Gasteiger partial charge in [0.25, 0.3) is 0 Å². The van der Waals surface area contributed by atoms with Crippen LogP contribution in [0.25, 0.3) is 5.69 Å². The monoisotopic (exact) mass is 283 g/mol.